The van der Waals surface area contributed by atoms with Gasteiger partial charge < -0.3 is 4.98 Å². The second-order valence-corrected chi connectivity index (χ2v) is 4.32. The largest absolute Gasteiger partial charge is 0.431 e. The maximum atomic E-state index is 12.6. The number of H-pyrrole nitrogens is 1. The number of nitrogens with one attached hydrogen (secondary N) is 1. The van der Waals surface area contributed by atoms with Crippen molar-refractivity contribution < 1.29 is 13.2 Å². The van der Waals surface area contributed by atoms with E-state index in [0.717, 1.165) is 6.07 Å². The van der Waals surface area contributed by atoms with Crippen LogP contribution in [0.4, 0.5) is 13.2 Å². The summed E-state index contributed by atoms with van der Waals surface area (Å²) in [7, 11) is 0. The van der Waals surface area contributed by atoms with E-state index in [1.807, 2.05) is 4.98 Å². The van der Waals surface area contributed by atoms with Gasteiger partial charge in [0.25, 0.3) is 0 Å². The van der Waals surface area contributed by atoms with Gasteiger partial charge in [-0.05, 0) is 30.4 Å². The molecular formula is C11H6ClF3N2S. The number of aromatic nitrogens is 2. The fraction of sp³-hybridized carbons (Fsp3) is 0.0909. The molecule has 0 radical (unpaired) electrons. The molecule has 0 saturated carbocycles. The van der Waals surface area contributed by atoms with Gasteiger partial charge in [0, 0.05) is 10.6 Å². The molecule has 94 valence electrons. The number of rotatable bonds is 1. The van der Waals surface area contributed by atoms with Crippen molar-refractivity contribution in [1.82, 2.24) is 9.97 Å². The van der Waals surface area contributed by atoms with Crippen LogP contribution in [0.2, 0.25) is 5.02 Å². The molecule has 1 aromatic heterocycles. The highest BCUT2D eigenvalue weighted by Gasteiger charge is 2.32. The van der Waals surface area contributed by atoms with Crippen LogP contribution in [0.15, 0.2) is 30.3 Å². The number of nitrogens with zero attached hydrogens (tertiary/aromatic N) is 1. The number of hydrogen-bond donors (Lipinski definition) is 1. The molecule has 0 unspecified atom stereocenters. The molecule has 0 fully saturated rings. The first-order valence-electron chi connectivity index (χ1n) is 4.81. The summed E-state index contributed by atoms with van der Waals surface area (Å²) >= 11 is 10.5. The van der Waals surface area contributed by atoms with Crippen molar-refractivity contribution in [3.63, 3.8) is 0 Å². The zero-order chi connectivity index (χ0) is 13.3. The minimum Gasteiger partial charge on any atom is -0.327 e. The van der Waals surface area contributed by atoms with E-state index in [1.54, 1.807) is 18.2 Å². The van der Waals surface area contributed by atoms with Gasteiger partial charge in [-0.2, -0.15) is 13.2 Å². The minimum atomic E-state index is -4.50. The van der Waals surface area contributed by atoms with Gasteiger partial charge in [-0.15, -0.1) is 0 Å². The first-order valence-corrected chi connectivity index (χ1v) is 5.59. The Kier molecular flexibility index (Phi) is 3.41. The Balaban J connectivity index is 2.59. The van der Waals surface area contributed by atoms with Gasteiger partial charge in [0.15, 0.2) is 4.77 Å². The van der Waals surface area contributed by atoms with Crippen LogP contribution in [0, 0.1) is 4.77 Å². The van der Waals surface area contributed by atoms with Gasteiger partial charge in [0.1, 0.15) is 5.69 Å². The summed E-state index contributed by atoms with van der Waals surface area (Å²) in [6.45, 7) is 0. The molecule has 0 aliphatic carbocycles. The van der Waals surface area contributed by atoms with E-state index >= 15 is 0 Å². The van der Waals surface area contributed by atoms with E-state index in [1.165, 1.54) is 6.07 Å². The predicted octanol–water partition coefficient (Wildman–Crippen LogP) is 4.48. The molecule has 0 amide bonds. The Morgan fingerprint density at radius 1 is 1.22 bits per heavy atom. The number of halogens is 4. The summed E-state index contributed by atoms with van der Waals surface area (Å²) in [4.78, 5) is 5.88. The molecule has 1 heterocycles. The van der Waals surface area contributed by atoms with Crippen molar-refractivity contribution in [2.45, 2.75) is 6.18 Å². The number of alkyl halides is 3. The summed E-state index contributed by atoms with van der Waals surface area (Å²) in [5, 5.41) is 0.418. The number of aromatic amines is 1. The molecule has 0 aliphatic heterocycles. The fourth-order valence-electron chi connectivity index (χ4n) is 1.41. The number of benzene rings is 1. The second-order valence-electron chi connectivity index (χ2n) is 3.49. The lowest BCUT2D eigenvalue weighted by Gasteiger charge is -2.08. The van der Waals surface area contributed by atoms with Crippen molar-refractivity contribution in [2.75, 3.05) is 0 Å². The van der Waals surface area contributed by atoms with Crippen molar-refractivity contribution in [2.24, 2.45) is 0 Å². The lowest BCUT2D eigenvalue weighted by Crippen LogP contribution is -2.09. The summed E-state index contributed by atoms with van der Waals surface area (Å²) < 4.78 is 37.6. The maximum Gasteiger partial charge on any atom is 0.431 e. The van der Waals surface area contributed by atoms with Crippen LogP contribution in [0.25, 0.3) is 11.3 Å². The normalized spacial score (nSPS) is 11.6. The van der Waals surface area contributed by atoms with E-state index in [-0.39, 0.29) is 10.5 Å². The summed E-state index contributed by atoms with van der Waals surface area (Å²) in [5.41, 5.74) is -0.320. The third-order valence-electron chi connectivity index (χ3n) is 2.17. The van der Waals surface area contributed by atoms with E-state index in [2.05, 4.69) is 17.2 Å². The molecule has 18 heavy (non-hydrogen) atoms. The summed E-state index contributed by atoms with van der Waals surface area (Å²) in [5.74, 6) is 0. The molecular weight excluding hydrogens is 285 g/mol. The van der Waals surface area contributed by atoms with E-state index in [0.29, 0.717) is 10.6 Å². The van der Waals surface area contributed by atoms with Crippen LogP contribution in [0.3, 0.4) is 0 Å². The first-order chi connectivity index (χ1) is 8.36. The molecule has 0 bridgehead atoms. The highest BCUT2D eigenvalue weighted by molar-refractivity contribution is 7.71. The van der Waals surface area contributed by atoms with Gasteiger partial charge in [0.2, 0.25) is 0 Å². The Bertz CT molecular complexity index is 637. The average Bonchev–Trinajstić information content (AvgIpc) is 2.27. The van der Waals surface area contributed by atoms with Crippen LogP contribution in [0.1, 0.15) is 5.69 Å². The molecule has 0 spiro atoms. The van der Waals surface area contributed by atoms with Crippen LogP contribution in [-0.2, 0) is 6.18 Å². The van der Waals surface area contributed by atoms with Gasteiger partial charge in [-0.1, -0.05) is 23.7 Å². The Hall–Kier alpha value is -1.40. The predicted molar refractivity (Wildman–Crippen MR) is 64.9 cm³/mol. The third kappa shape index (κ3) is 2.88. The fourth-order valence-corrected chi connectivity index (χ4v) is 1.80. The van der Waals surface area contributed by atoms with Gasteiger partial charge in [0.05, 0.1) is 5.69 Å². The Morgan fingerprint density at radius 2 is 1.94 bits per heavy atom. The second kappa shape index (κ2) is 4.70. The lowest BCUT2D eigenvalue weighted by molar-refractivity contribution is -0.141. The van der Waals surface area contributed by atoms with Gasteiger partial charge >= 0.3 is 6.18 Å². The monoisotopic (exact) mass is 290 g/mol. The number of hydrogen-bond acceptors (Lipinski definition) is 2. The Labute approximate surface area is 110 Å². The molecule has 1 aromatic carbocycles. The minimum absolute atomic E-state index is 0.133. The van der Waals surface area contributed by atoms with Crippen molar-refractivity contribution >= 4 is 23.8 Å². The smallest absolute Gasteiger partial charge is 0.327 e. The highest BCUT2D eigenvalue weighted by Crippen LogP contribution is 2.30. The van der Waals surface area contributed by atoms with Crippen molar-refractivity contribution in [1.29, 1.82) is 0 Å². The van der Waals surface area contributed by atoms with E-state index in [9.17, 15) is 13.2 Å². The lowest BCUT2D eigenvalue weighted by atomic mass is 10.1. The van der Waals surface area contributed by atoms with Crippen LogP contribution < -0.4 is 0 Å². The molecule has 0 saturated heterocycles. The zero-order valence-corrected chi connectivity index (χ0v) is 10.3. The van der Waals surface area contributed by atoms with Crippen LogP contribution >= 0.6 is 23.8 Å². The standard InChI is InChI=1S/C11H6ClF3N2S/c12-7-3-1-2-6(4-7)8-5-9(11(13,14)15)17-10(18)16-8/h1-5H,(H,16,17,18). The first kappa shape index (κ1) is 13.0. The molecule has 2 rings (SSSR count). The summed E-state index contributed by atoms with van der Waals surface area (Å²) in [6.07, 6.45) is -4.50. The SMILES string of the molecule is FC(F)(F)c1cc(-c2cccc(Cl)c2)nc(=S)[nH]1. The molecule has 0 aliphatic rings. The average molecular weight is 291 g/mol. The van der Waals surface area contributed by atoms with Crippen LogP contribution in [-0.4, -0.2) is 9.97 Å². The topological polar surface area (TPSA) is 28.7 Å². The van der Waals surface area contributed by atoms with Crippen molar-refractivity contribution in [3.05, 3.63) is 45.8 Å². The highest BCUT2D eigenvalue weighted by atomic mass is 35.5. The van der Waals surface area contributed by atoms with Crippen molar-refractivity contribution in [3.8, 4) is 11.3 Å². The van der Waals surface area contributed by atoms with Gasteiger partial charge in [-0.3, -0.25) is 0 Å². The molecule has 1 N–H and O–H groups in total. The van der Waals surface area contributed by atoms with E-state index < -0.39 is 11.9 Å². The Morgan fingerprint density at radius 3 is 2.56 bits per heavy atom. The molecule has 2 aromatic rings. The van der Waals surface area contributed by atoms with Crippen LogP contribution in [0.5, 0.6) is 0 Å². The molecule has 0 atom stereocenters. The third-order valence-corrected chi connectivity index (χ3v) is 2.60. The maximum absolute atomic E-state index is 12.6. The quantitative estimate of drug-likeness (QED) is 0.785. The van der Waals surface area contributed by atoms with E-state index in [4.69, 9.17) is 11.6 Å². The molecule has 2 nitrogen and oxygen atoms in total. The zero-order valence-electron chi connectivity index (χ0n) is 8.75. The van der Waals surface area contributed by atoms with Gasteiger partial charge in [-0.25, -0.2) is 4.98 Å². The summed E-state index contributed by atoms with van der Waals surface area (Å²) in [6, 6.07) is 7.30. The molecule has 7 heteroatoms.